The van der Waals surface area contributed by atoms with Gasteiger partial charge in [0.15, 0.2) is 5.82 Å². The summed E-state index contributed by atoms with van der Waals surface area (Å²) in [5, 5.41) is 15.1. The number of hydrogen-bond donors (Lipinski definition) is 2. The van der Waals surface area contributed by atoms with Gasteiger partial charge in [-0.15, -0.1) is 5.10 Å². The molecular formula is C19H20ClN5O. The lowest BCUT2D eigenvalue weighted by molar-refractivity contribution is 0.410. The second kappa shape index (κ2) is 8.49. The predicted octanol–water partition coefficient (Wildman–Crippen LogP) is 4.24. The fourth-order valence-electron chi connectivity index (χ4n) is 2.54. The lowest BCUT2D eigenvalue weighted by Crippen LogP contribution is -2.10. The first kappa shape index (κ1) is 17.9. The second-order valence-electron chi connectivity index (χ2n) is 5.69. The van der Waals surface area contributed by atoms with Crippen molar-refractivity contribution in [3.8, 4) is 5.75 Å². The zero-order chi connectivity index (χ0) is 18.4. The van der Waals surface area contributed by atoms with Crippen molar-refractivity contribution in [1.82, 2.24) is 15.2 Å². The van der Waals surface area contributed by atoms with Gasteiger partial charge in [-0.1, -0.05) is 35.9 Å². The molecule has 0 saturated heterocycles. The number of ether oxygens (including phenoxy) is 1. The molecule has 0 spiro atoms. The van der Waals surface area contributed by atoms with E-state index >= 15 is 0 Å². The fourth-order valence-corrected chi connectivity index (χ4v) is 2.71. The van der Waals surface area contributed by atoms with Crippen LogP contribution >= 0.6 is 11.6 Å². The summed E-state index contributed by atoms with van der Waals surface area (Å²) in [5.74, 6) is 1.94. The van der Waals surface area contributed by atoms with E-state index in [0.29, 0.717) is 23.3 Å². The summed E-state index contributed by atoms with van der Waals surface area (Å²) in [7, 11) is 1.67. The van der Waals surface area contributed by atoms with Crippen molar-refractivity contribution in [1.29, 1.82) is 0 Å². The van der Waals surface area contributed by atoms with E-state index in [2.05, 4.69) is 25.8 Å². The quantitative estimate of drug-likeness (QED) is 0.649. The van der Waals surface area contributed by atoms with Crippen LogP contribution in [0.1, 0.15) is 11.1 Å². The zero-order valence-corrected chi connectivity index (χ0v) is 15.4. The third-order valence-corrected chi connectivity index (χ3v) is 4.37. The summed E-state index contributed by atoms with van der Waals surface area (Å²) >= 11 is 6.15. The van der Waals surface area contributed by atoms with Crippen molar-refractivity contribution in [2.45, 2.75) is 13.3 Å². The molecule has 134 valence electrons. The molecule has 3 aromatic rings. The summed E-state index contributed by atoms with van der Waals surface area (Å²) in [6.07, 6.45) is 2.37. The smallest absolute Gasteiger partial charge is 0.244 e. The topological polar surface area (TPSA) is 72.0 Å². The van der Waals surface area contributed by atoms with E-state index in [9.17, 15) is 0 Å². The highest BCUT2D eigenvalue weighted by atomic mass is 35.5. The Morgan fingerprint density at radius 1 is 1.12 bits per heavy atom. The molecular weight excluding hydrogens is 350 g/mol. The molecule has 0 saturated carbocycles. The molecule has 6 nitrogen and oxygen atoms in total. The molecule has 26 heavy (non-hydrogen) atoms. The number of aromatic nitrogens is 3. The van der Waals surface area contributed by atoms with Gasteiger partial charge in [0.05, 0.1) is 13.3 Å². The maximum absolute atomic E-state index is 6.15. The first-order chi connectivity index (χ1) is 12.7. The average molecular weight is 370 g/mol. The minimum absolute atomic E-state index is 0.463. The van der Waals surface area contributed by atoms with Crippen LogP contribution in [0.25, 0.3) is 0 Å². The molecule has 0 aliphatic rings. The highest BCUT2D eigenvalue weighted by molar-refractivity contribution is 6.31. The second-order valence-corrected chi connectivity index (χ2v) is 6.10. The Morgan fingerprint density at radius 3 is 2.81 bits per heavy atom. The number of hydrogen-bond acceptors (Lipinski definition) is 6. The lowest BCUT2D eigenvalue weighted by Gasteiger charge is -2.11. The van der Waals surface area contributed by atoms with Gasteiger partial charge >= 0.3 is 0 Å². The van der Waals surface area contributed by atoms with Gasteiger partial charge in [-0.3, -0.25) is 0 Å². The Bertz CT molecular complexity index is 887. The number of para-hydroxylation sites is 1. The van der Waals surface area contributed by atoms with Gasteiger partial charge in [0.1, 0.15) is 5.75 Å². The van der Waals surface area contributed by atoms with Crippen LogP contribution in [0, 0.1) is 6.92 Å². The van der Waals surface area contributed by atoms with Gasteiger partial charge in [-0.2, -0.15) is 10.1 Å². The normalized spacial score (nSPS) is 10.4. The SMILES string of the molecule is COc1ccccc1CCNc1nncc(Nc2cccc(Cl)c2C)n1. The molecule has 0 amide bonds. The number of nitrogens with one attached hydrogen (secondary N) is 2. The van der Waals surface area contributed by atoms with E-state index in [4.69, 9.17) is 16.3 Å². The van der Waals surface area contributed by atoms with Crippen molar-refractivity contribution in [3.05, 3.63) is 64.8 Å². The molecule has 2 N–H and O–H groups in total. The van der Waals surface area contributed by atoms with E-state index in [0.717, 1.165) is 29.0 Å². The first-order valence-corrected chi connectivity index (χ1v) is 8.63. The molecule has 0 aliphatic heterocycles. The minimum Gasteiger partial charge on any atom is -0.496 e. The monoisotopic (exact) mass is 369 g/mol. The molecule has 2 aromatic carbocycles. The van der Waals surface area contributed by atoms with Crippen LogP contribution in [-0.4, -0.2) is 28.8 Å². The van der Waals surface area contributed by atoms with Crippen LogP contribution < -0.4 is 15.4 Å². The van der Waals surface area contributed by atoms with Crippen molar-refractivity contribution in [3.63, 3.8) is 0 Å². The van der Waals surface area contributed by atoms with E-state index in [-0.39, 0.29) is 0 Å². The Balaban J connectivity index is 1.63. The third-order valence-electron chi connectivity index (χ3n) is 3.96. The summed E-state index contributed by atoms with van der Waals surface area (Å²) in [4.78, 5) is 4.44. The summed E-state index contributed by atoms with van der Waals surface area (Å²) in [6.45, 7) is 2.62. The highest BCUT2D eigenvalue weighted by Crippen LogP contribution is 2.25. The van der Waals surface area contributed by atoms with Crippen molar-refractivity contribution < 1.29 is 4.74 Å². The van der Waals surface area contributed by atoms with Gasteiger partial charge in [0.2, 0.25) is 5.95 Å². The van der Waals surface area contributed by atoms with Crippen LogP contribution in [0.15, 0.2) is 48.7 Å². The Labute approximate surface area is 157 Å². The third kappa shape index (κ3) is 4.40. The summed E-state index contributed by atoms with van der Waals surface area (Å²) in [6, 6.07) is 13.6. The maximum Gasteiger partial charge on any atom is 0.244 e. The molecule has 1 heterocycles. The highest BCUT2D eigenvalue weighted by Gasteiger charge is 2.06. The van der Waals surface area contributed by atoms with Crippen molar-refractivity contribution in [2.75, 3.05) is 24.3 Å². The molecule has 7 heteroatoms. The van der Waals surface area contributed by atoms with Gasteiger partial charge < -0.3 is 15.4 Å². The largest absolute Gasteiger partial charge is 0.496 e. The average Bonchev–Trinajstić information content (AvgIpc) is 2.66. The molecule has 0 bridgehead atoms. The maximum atomic E-state index is 6.15. The molecule has 1 aromatic heterocycles. The summed E-state index contributed by atoms with van der Waals surface area (Å²) in [5.41, 5.74) is 2.97. The van der Waals surface area contributed by atoms with Crippen LogP contribution in [-0.2, 0) is 6.42 Å². The van der Waals surface area contributed by atoms with Gasteiger partial charge in [0, 0.05) is 17.3 Å². The Morgan fingerprint density at radius 2 is 1.96 bits per heavy atom. The molecule has 0 fully saturated rings. The summed E-state index contributed by atoms with van der Waals surface area (Å²) < 4.78 is 5.36. The van der Waals surface area contributed by atoms with Crippen LogP contribution in [0.4, 0.5) is 17.5 Å². The standard InChI is InChI=1S/C19H20ClN5O/c1-13-15(20)7-5-8-16(13)23-18-12-22-25-19(24-18)21-11-10-14-6-3-4-9-17(14)26-2/h3-9,12H,10-11H2,1-2H3,(H2,21,23,24,25). The number of methoxy groups -OCH3 is 1. The fraction of sp³-hybridized carbons (Fsp3) is 0.211. The van der Waals surface area contributed by atoms with Crippen LogP contribution in [0.2, 0.25) is 5.02 Å². The predicted molar refractivity (Wildman–Crippen MR) is 104 cm³/mol. The number of anilines is 3. The van der Waals surface area contributed by atoms with E-state index in [1.54, 1.807) is 13.3 Å². The molecule has 0 unspecified atom stereocenters. The van der Waals surface area contributed by atoms with E-state index in [1.165, 1.54) is 0 Å². The Hall–Kier alpha value is -2.86. The number of rotatable bonds is 7. The first-order valence-electron chi connectivity index (χ1n) is 8.25. The van der Waals surface area contributed by atoms with Gasteiger partial charge in [-0.05, 0) is 42.7 Å². The molecule has 0 aliphatic carbocycles. The van der Waals surface area contributed by atoms with Gasteiger partial charge in [-0.25, -0.2) is 0 Å². The van der Waals surface area contributed by atoms with E-state index < -0.39 is 0 Å². The Kier molecular flexibility index (Phi) is 5.86. The van der Waals surface area contributed by atoms with Gasteiger partial charge in [0.25, 0.3) is 0 Å². The molecule has 0 radical (unpaired) electrons. The van der Waals surface area contributed by atoms with E-state index in [1.807, 2.05) is 49.4 Å². The van der Waals surface area contributed by atoms with Crippen molar-refractivity contribution >= 4 is 29.1 Å². The lowest BCUT2D eigenvalue weighted by atomic mass is 10.1. The number of nitrogens with zero attached hydrogens (tertiary/aromatic N) is 3. The number of benzene rings is 2. The van der Waals surface area contributed by atoms with Crippen molar-refractivity contribution in [2.24, 2.45) is 0 Å². The zero-order valence-electron chi connectivity index (χ0n) is 14.7. The minimum atomic E-state index is 0.463. The van der Waals surface area contributed by atoms with Crippen LogP contribution in [0.3, 0.4) is 0 Å². The van der Waals surface area contributed by atoms with Crippen LogP contribution in [0.5, 0.6) is 5.75 Å². The number of halogens is 1. The molecule has 3 rings (SSSR count). The molecule has 0 atom stereocenters.